The van der Waals surface area contributed by atoms with Crippen molar-refractivity contribution in [3.63, 3.8) is 0 Å². The third-order valence-electron chi connectivity index (χ3n) is 4.82. The molecule has 0 atom stereocenters. The van der Waals surface area contributed by atoms with Crippen molar-refractivity contribution in [2.45, 2.75) is 13.5 Å². The fourth-order valence-electron chi connectivity index (χ4n) is 3.19. The van der Waals surface area contributed by atoms with Gasteiger partial charge >= 0.3 is 0 Å². The Morgan fingerprint density at radius 1 is 0.828 bits per heavy atom. The van der Waals surface area contributed by atoms with Crippen molar-refractivity contribution in [3.8, 4) is 28.1 Å². The van der Waals surface area contributed by atoms with Gasteiger partial charge < -0.3 is 9.67 Å². The number of benzene rings is 3. The first-order chi connectivity index (χ1) is 14.1. The predicted octanol–water partition coefficient (Wildman–Crippen LogP) is 6.77. The van der Waals surface area contributed by atoms with Crippen molar-refractivity contribution in [3.05, 3.63) is 95.4 Å². The van der Waals surface area contributed by atoms with Crippen LogP contribution in [-0.2, 0) is 6.54 Å². The van der Waals surface area contributed by atoms with Gasteiger partial charge in [-0.05, 0) is 54.0 Å². The average Bonchev–Trinajstić information content (AvgIpc) is 3.17. The Morgan fingerprint density at radius 2 is 1.41 bits per heavy atom. The molecular formula is C25H21ClN2O. The maximum Gasteiger partial charge on any atom is 0.133 e. The number of imidazole rings is 1. The van der Waals surface area contributed by atoms with Gasteiger partial charge in [-0.15, -0.1) is 0 Å². The van der Waals surface area contributed by atoms with E-state index in [4.69, 9.17) is 16.6 Å². The zero-order chi connectivity index (χ0) is 20.2. The van der Waals surface area contributed by atoms with Crippen molar-refractivity contribution in [2.75, 3.05) is 0 Å². The number of hydrogen-bond acceptors (Lipinski definition) is 2. The molecule has 0 aliphatic rings. The Morgan fingerprint density at radius 3 is 2.03 bits per heavy atom. The number of phenols is 1. The molecule has 1 aromatic heterocycles. The highest BCUT2D eigenvalue weighted by atomic mass is 35.5. The van der Waals surface area contributed by atoms with E-state index in [9.17, 15) is 5.11 Å². The normalized spacial score (nSPS) is 11.2. The van der Waals surface area contributed by atoms with Crippen LogP contribution < -0.4 is 0 Å². The lowest BCUT2D eigenvalue weighted by molar-refractivity contribution is 0.475. The molecule has 3 nitrogen and oxygen atoms in total. The highest BCUT2D eigenvalue weighted by Crippen LogP contribution is 2.24. The molecule has 3 aromatic carbocycles. The first-order valence-corrected chi connectivity index (χ1v) is 9.91. The van der Waals surface area contributed by atoms with E-state index in [1.54, 1.807) is 12.1 Å². The highest BCUT2D eigenvalue weighted by Gasteiger charge is 2.07. The summed E-state index contributed by atoms with van der Waals surface area (Å²) in [5, 5.41) is 10.2. The number of aromatic nitrogens is 2. The number of rotatable bonds is 5. The van der Waals surface area contributed by atoms with Gasteiger partial charge in [-0.2, -0.15) is 0 Å². The SMILES string of the molecule is CCn1cc(-c2ccc(Cl)cc2)nc1C=Cc1ccc(-c2ccc(O)cc2)cc1. The van der Waals surface area contributed by atoms with Crippen LogP contribution in [0.5, 0.6) is 5.75 Å². The van der Waals surface area contributed by atoms with Gasteiger partial charge in [0.25, 0.3) is 0 Å². The van der Waals surface area contributed by atoms with Gasteiger partial charge in [0.05, 0.1) is 5.69 Å². The van der Waals surface area contributed by atoms with Crippen LogP contribution in [0.25, 0.3) is 34.5 Å². The topological polar surface area (TPSA) is 38.0 Å². The Hall–Kier alpha value is -3.30. The van der Waals surface area contributed by atoms with Crippen LogP contribution in [0.2, 0.25) is 5.02 Å². The summed E-state index contributed by atoms with van der Waals surface area (Å²) in [6.07, 6.45) is 6.18. The second-order valence-corrected chi connectivity index (χ2v) is 7.22. The quantitative estimate of drug-likeness (QED) is 0.401. The van der Waals surface area contributed by atoms with Crippen molar-refractivity contribution in [2.24, 2.45) is 0 Å². The number of halogens is 1. The van der Waals surface area contributed by atoms with Crippen molar-refractivity contribution in [1.82, 2.24) is 9.55 Å². The van der Waals surface area contributed by atoms with Gasteiger partial charge in [-0.25, -0.2) is 4.98 Å². The summed E-state index contributed by atoms with van der Waals surface area (Å²) in [7, 11) is 0. The highest BCUT2D eigenvalue weighted by molar-refractivity contribution is 6.30. The van der Waals surface area contributed by atoms with E-state index in [1.807, 2.05) is 42.5 Å². The van der Waals surface area contributed by atoms with E-state index >= 15 is 0 Å². The van der Waals surface area contributed by atoms with Crippen molar-refractivity contribution >= 4 is 23.8 Å². The fourth-order valence-corrected chi connectivity index (χ4v) is 3.31. The second-order valence-electron chi connectivity index (χ2n) is 6.78. The monoisotopic (exact) mass is 400 g/mol. The molecule has 144 valence electrons. The molecule has 0 spiro atoms. The fraction of sp³-hybridized carbons (Fsp3) is 0.0800. The van der Waals surface area contributed by atoms with Gasteiger partial charge in [0.2, 0.25) is 0 Å². The minimum absolute atomic E-state index is 0.276. The summed E-state index contributed by atoms with van der Waals surface area (Å²) in [5.74, 6) is 1.19. The van der Waals surface area contributed by atoms with E-state index in [2.05, 4.69) is 48.0 Å². The minimum atomic E-state index is 0.276. The number of hydrogen-bond donors (Lipinski definition) is 1. The lowest BCUT2D eigenvalue weighted by atomic mass is 10.0. The second kappa shape index (κ2) is 8.38. The van der Waals surface area contributed by atoms with Crippen LogP contribution in [0.4, 0.5) is 0 Å². The van der Waals surface area contributed by atoms with Crippen LogP contribution in [0, 0.1) is 0 Å². The molecule has 1 N–H and O–H groups in total. The van der Waals surface area contributed by atoms with Gasteiger partial charge in [-0.3, -0.25) is 0 Å². The Labute approximate surface area is 175 Å². The maximum atomic E-state index is 9.43. The summed E-state index contributed by atoms with van der Waals surface area (Å²) in [4.78, 5) is 4.78. The van der Waals surface area contributed by atoms with Crippen molar-refractivity contribution < 1.29 is 5.11 Å². The third kappa shape index (κ3) is 4.41. The standard InChI is InChI=1S/C25H21ClN2O/c1-2-28-17-24(21-8-12-22(26)13-9-21)27-25(28)16-5-18-3-6-19(7-4-18)20-10-14-23(29)15-11-20/h3-17,29H,2H2,1H3. The molecule has 0 bridgehead atoms. The van der Waals surface area contributed by atoms with Crippen LogP contribution in [0.3, 0.4) is 0 Å². The van der Waals surface area contributed by atoms with E-state index < -0.39 is 0 Å². The number of phenolic OH excluding ortho intramolecular Hbond substituents is 1. The van der Waals surface area contributed by atoms with E-state index in [1.165, 1.54) is 0 Å². The molecule has 0 radical (unpaired) electrons. The molecule has 0 aliphatic carbocycles. The molecule has 4 heteroatoms. The molecule has 1 heterocycles. The first kappa shape index (κ1) is 19.0. The van der Waals surface area contributed by atoms with E-state index in [-0.39, 0.29) is 5.75 Å². The molecule has 4 aromatic rings. The summed E-state index contributed by atoms with van der Waals surface area (Å²) >= 11 is 5.99. The van der Waals surface area contributed by atoms with Gasteiger partial charge in [0, 0.05) is 23.3 Å². The molecule has 4 rings (SSSR count). The summed E-state index contributed by atoms with van der Waals surface area (Å²) in [6, 6.07) is 23.3. The van der Waals surface area contributed by atoms with Crippen LogP contribution in [0.15, 0.2) is 79.0 Å². The van der Waals surface area contributed by atoms with Crippen LogP contribution in [0.1, 0.15) is 18.3 Å². The Kier molecular flexibility index (Phi) is 5.50. The smallest absolute Gasteiger partial charge is 0.133 e. The van der Waals surface area contributed by atoms with Crippen LogP contribution in [-0.4, -0.2) is 14.7 Å². The van der Waals surface area contributed by atoms with Gasteiger partial charge in [0.15, 0.2) is 0 Å². The third-order valence-corrected chi connectivity index (χ3v) is 5.08. The molecule has 0 fully saturated rings. The van der Waals surface area contributed by atoms with Gasteiger partial charge in [-0.1, -0.05) is 66.2 Å². The molecular weight excluding hydrogens is 380 g/mol. The number of aromatic hydroxyl groups is 1. The number of aryl methyl sites for hydroxylation is 1. The lowest BCUT2D eigenvalue weighted by Gasteiger charge is -2.03. The van der Waals surface area contributed by atoms with Crippen LogP contribution >= 0.6 is 11.6 Å². The minimum Gasteiger partial charge on any atom is -0.508 e. The Bertz CT molecular complexity index is 1130. The van der Waals surface area contributed by atoms with Gasteiger partial charge in [0.1, 0.15) is 11.6 Å². The van der Waals surface area contributed by atoms with E-state index in [0.717, 1.165) is 45.3 Å². The first-order valence-electron chi connectivity index (χ1n) is 9.53. The zero-order valence-corrected chi connectivity index (χ0v) is 16.8. The summed E-state index contributed by atoms with van der Waals surface area (Å²) in [5.41, 5.74) is 5.28. The summed E-state index contributed by atoms with van der Waals surface area (Å²) in [6.45, 7) is 2.96. The lowest BCUT2D eigenvalue weighted by Crippen LogP contribution is -1.94. The number of nitrogens with zero attached hydrogens (tertiary/aromatic N) is 2. The average molecular weight is 401 g/mol. The zero-order valence-electron chi connectivity index (χ0n) is 16.1. The molecule has 0 saturated carbocycles. The molecule has 29 heavy (non-hydrogen) atoms. The maximum absolute atomic E-state index is 9.43. The largest absolute Gasteiger partial charge is 0.508 e. The van der Waals surface area contributed by atoms with Crippen molar-refractivity contribution in [1.29, 1.82) is 0 Å². The predicted molar refractivity (Wildman–Crippen MR) is 121 cm³/mol. The Balaban J connectivity index is 1.55. The van der Waals surface area contributed by atoms with E-state index in [0.29, 0.717) is 0 Å². The molecule has 0 amide bonds. The molecule has 0 unspecified atom stereocenters. The summed E-state index contributed by atoms with van der Waals surface area (Å²) < 4.78 is 2.13. The molecule has 0 saturated heterocycles. The molecule has 0 aliphatic heterocycles.